The Hall–Kier alpha value is -0.715. The lowest BCUT2D eigenvalue weighted by molar-refractivity contribution is -0.137. The van der Waals surface area contributed by atoms with Gasteiger partial charge in [0.15, 0.2) is 0 Å². The maximum atomic E-state index is 12.3. The van der Waals surface area contributed by atoms with Gasteiger partial charge in [0.2, 0.25) is 0 Å². The van der Waals surface area contributed by atoms with Crippen LogP contribution >= 0.6 is 11.6 Å². The SMILES string of the molecule is Cc1cc(C(F)(F)F)cc(B(O)O)c1Cl. The van der Waals surface area contributed by atoms with Crippen molar-refractivity contribution in [3.05, 3.63) is 28.3 Å². The third-order valence-corrected chi connectivity index (χ3v) is 2.40. The van der Waals surface area contributed by atoms with E-state index in [0.29, 0.717) is 6.07 Å². The van der Waals surface area contributed by atoms with Crippen molar-refractivity contribution in [3.8, 4) is 0 Å². The number of hydrogen-bond acceptors (Lipinski definition) is 2. The average Bonchev–Trinajstić information content (AvgIpc) is 2.06. The van der Waals surface area contributed by atoms with Crippen LogP contribution < -0.4 is 5.46 Å². The van der Waals surface area contributed by atoms with Crippen molar-refractivity contribution < 1.29 is 23.2 Å². The Bertz CT molecular complexity index is 379. The zero-order valence-electron chi connectivity index (χ0n) is 7.64. The normalized spacial score (nSPS) is 11.7. The van der Waals surface area contributed by atoms with Crippen molar-refractivity contribution in [2.75, 3.05) is 0 Å². The molecule has 0 fully saturated rings. The van der Waals surface area contributed by atoms with Crippen LogP contribution in [-0.4, -0.2) is 17.2 Å². The third-order valence-electron chi connectivity index (χ3n) is 1.89. The molecule has 0 heterocycles. The fraction of sp³-hybridized carbons (Fsp3) is 0.250. The Balaban J connectivity index is 3.36. The van der Waals surface area contributed by atoms with Gasteiger partial charge in [-0.25, -0.2) is 0 Å². The van der Waals surface area contributed by atoms with Crippen molar-refractivity contribution in [1.29, 1.82) is 0 Å². The topological polar surface area (TPSA) is 40.5 Å². The minimum absolute atomic E-state index is 0.0713. The minimum atomic E-state index is -4.53. The minimum Gasteiger partial charge on any atom is -0.423 e. The quantitative estimate of drug-likeness (QED) is 0.725. The van der Waals surface area contributed by atoms with Gasteiger partial charge in [0, 0.05) is 10.5 Å². The van der Waals surface area contributed by atoms with E-state index in [1.165, 1.54) is 6.92 Å². The second kappa shape index (κ2) is 4.04. The Kier molecular flexibility index (Phi) is 3.33. The van der Waals surface area contributed by atoms with Crippen molar-refractivity contribution in [3.63, 3.8) is 0 Å². The summed E-state index contributed by atoms with van der Waals surface area (Å²) in [6.45, 7) is 1.36. The zero-order chi connectivity index (χ0) is 11.8. The Morgan fingerprint density at radius 2 is 1.80 bits per heavy atom. The van der Waals surface area contributed by atoms with E-state index < -0.39 is 18.9 Å². The fourth-order valence-electron chi connectivity index (χ4n) is 1.15. The molecule has 0 saturated heterocycles. The molecule has 0 aliphatic rings. The molecule has 7 heteroatoms. The first kappa shape index (κ1) is 12.4. The van der Waals surface area contributed by atoms with Gasteiger partial charge in [0.1, 0.15) is 0 Å². The number of rotatable bonds is 1. The molecule has 0 aliphatic carbocycles. The molecule has 2 N–H and O–H groups in total. The van der Waals surface area contributed by atoms with Gasteiger partial charge < -0.3 is 10.0 Å². The summed E-state index contributed by atoms with van der Waals surface area (Å²) >= 11 is 5.62. The van der Waals surface area contributed by atoms with E-state index >= 15 is 0 Å². The van der Waals surface area contributed by atoms with Crippen molar-refractivity contribution in [1.82, 2.24) is 0 Å². The number of alkyl halides is 3. The van der Waals surface area contributed by atoms with Crippen molar-refractivity contribution in [2.45, 2.75) is 13.1 Å². The monoisotopic (exact) mass is 238 g/mol. The summed E-state index contributed by atoms with van der Waals surface area (Å²) < 4.78 is 37.0. The first-order valence-corrected chi connectivity index (χ1v) is 4.34. The molecule has 0 amide bonds. The Morgan fingerprint density at radius 3 is 2.20 bits per heavy atom. The highest BCUT2D eigenvalue weighted by molar-refractivity contribution is 6.62. The van der Waals surface area contributed by atoms with Crippen LogP contribution in [0.25, 0.3) is 0 Å². The van der Waals surface area contributed by atoms with Gasteiger partial charge in [-0.1, -0.05) is 11.6 Å². The Labute approximate surface area is 89.4 Å². The van der Waals surface area contributed by atoms with Gasteiger partial charge in [-0.05, 0) is 24.6 Å². The summed E-state index contributed by atoms with van der Waals surface area (Å²) in [6, 6.07) is 1.48. The number of halogens is 4. The molecule has 0 unspecified atom stereocenters. The van der Waals surface area contributed by atoms with Crippen LogP contribution in [0.5, 0.6) is 0 Å². The van der Waals surface area contributed by atoms with Crippen LogP contribution in [0.3, 0.4) is 0 Å². The van der Waals surface area contributed by atoms with Crippen LogP contribution in [0.2, 0.25) is 5.02 Å². The third kappa shape index (κ3) is 2.65. The molecule has 15 heavy (non-hydrogen) atoms. The molecule has 82 valence electrons. The van der Waals surface area contributed by atoms with Gasteiger partial charge in [0.05, 0.1) is 5.56 Å². The number of aryl methyl sites for hydroxylation is 1. The molecule has 0 spiro atoms. The van der Waals surface area contributed by atoms with Crippen molar-refractivity contribution >= 4 is 24.2 Å². The Morgan fingerprint density at radius 1 is 1.27 bits per heavy atom. The summed E-state index contributed by atoms with van der Waals surface area (Å²) in [4.78, 5) is 0. The van der Waals surface area contributed by atoms with E-state index in [9.17, 15) is 13.2 Å². The van der Waals surface area contributed by atoms with E-state index in [1.807, 2.05) is 0 Å². The molecule has 0 saturated carbocycles. The standard InChI is InChI=1S/C8H7BClF3O2/c1-4-2-5(8(11,12)13)3-6(7(4)10)9(14)15/h2-3,14-15H,1H3. The molecule has 0 radical (unpaired) electrons. The maximum Gasteiger partial charge on any atom is 0.489 e. The van der Waals surface area contributed by atoms with E-state index in [-0.39, 0.29) is 16.0 Å². The smallest absolute Gasteiger partial charge is 0.423 e. The molecule has 1 aromatic rings. The predicted octanol–water partition coefficient (Wildman–Crippen LogP) is 1.35. The second-order valence-corrected chi connectivity index (χ2v) is 3.45. The summed E-state index contributed by atoms with van der Waals surface area (Å²) in [5.74, 6) is 0. The van der Waals surface area contributed by atoms with E-state index in [0.717, 1.165) is 6.07 Å². The second-order valence-electron chi connectivity index (χ2n) is 3.07. The molecule has 2 nitrogen and oxygen atoms in total. The maximum absolute atomic E-state index is 12.3. The summed E-state index contributed by atoms with van der Waals surface area (Å²) in [5.41, 5.74) is -1.15. The number of benzene rings is 1. The lowest BCUT2D eigenvalue weighted by atomic mass is 9.78. The highest BCUT2D eigenvalue weighted by Gasteiger charge is 2.33. The molecular weight excluding hydrogens is 231 g/mol. The lowest BCUT2D eigenvalue weighted by Crippen LogP contribution is -2.32. The largest absolute Gasteiger partial charge is 0.489 e. The summed E-state index contributed by atoms with van der Waals surface area (Å²) in [5, 5.41) is 17.6. The summed E-state index contributed by atoms with van der Waals surface area (Å²) in [6.07, 6.45) is -4.53. The fourth-order valence-corrected chi connectivity index (χ4v) is 1.36. The molecule has 0 bridgehead atoms. The van der Waals surface area contributed by atoms with Gasteiger partial charge in [-0.2, -0.15) is 13.2 Å². The molecular formula is C8H7BClF3O2. The van der Waals surface area contributed by atoms with Crippen LogP contribution in [0.1, 0.15) is 11.1 Å². The van der Waals surface area contributed by atoms with E-state index in [4.69, 9.17) is 21.6 Å². The molecule has 1 rings (SSSR count). The molecule has 0 atom stereocenters. The molecule has 0 aromatic heterocycles. The van der Waals surface area contributed by atoms with Gasteiger partial charge >= 0.3 is 13.3 Å². The highest BCUT2D eigenvalue weighted by Crippen LogP contribution is 2.30. The van der Waals surface area contributed by atoms with Gasteiger partial charge in [-0.15, -0.1) is 0 Å². The van der Waals surface area contributed by atoms with Gasteiger partial charge in [0.25, 0.3) is 0 Å². The van der Waals surface area contributed by atoms with Crippen LogP contribution in [0.15, 0.2) is 12.1 Å². The molecule has 0 aliphatic heterocycles. The van der Waals surface area contributed by atoms with Crippen molar-refractivity contribution in [2.24, 2.45) is 0 Å². The lowest BCUT2D eigenvalue weighted by Gasteiger charge is -2.12. The van der Waals surface area contributed by atoms with E-state index in [1.54, 1.807) is 0 Å². The first-order chi connectivity index (χ1) is 6.73. The van der Waals surface area contributed by atoms with E-state index in [2.05, 4.69) is 0 Å². The predicted molar refractivity (Wildman–Crippen MR) is 51.0 cm³/mol. The van der Waals surface area contributed by atoms with Crippen LogP contribution in [-0.2, 0) is 6.18 Å². The average molecular weight is 238 g/mol. The molecule has 1 aromatic carbocycles. The first-order valence-electron chi connectivity index (χ1n) is 3.97. The van der Waals surface area contributed by atoms with Crippen LogP contribution in [0.4, 0.5) is 13.2 Å². The van der Waals surface area contributed by atoms with Gasteiger partial charge in [-0.3, -0.25) is 0 Å². The van der Waals surface area contributed by atoms with Crippen LogP contribution in [0, 0.1) is 6.92 Å². The summed E-state index contributed by atoms with van der Waals surface area (Å²) in [7, 11) is -2.02. The number of hydrogen-bond donors (Lipinski definition) is 2. The highest BCUT2D eigenvalue weighted by atomic mass is 35.5. The zero-order valence-corrected chi connectivity index (χ0v) is 8.39.